The first kappa shape index (κ1) is 15.5. The Kier molecular flexibility index (Phi) is 4.57. The molecule has 0 aliphatic rings. The van der Waals surface area contributed by atoms with Gasteiger partial charge in [0.1, 0.15) is 0 Å². The van der Waals surface area contributed by atoms with Crippen molar-refractivity contribution in [3.63, 3.8) is 0 Å². The molecular formula is C12H18ClN3O3. The highest BCUT2D eigenvalue weighted by molar-refractivity contribution is 6.34. The van der Waals surface area contributed by atoms with E-state index in [4.69, 9.17) is 16.7 Å². The summed E-state index contributed by atoms with van der Waals surface area (Å²) in [6.07, 6.45) is 0.319. The van der Waals surface area contributed by atoms with Crippen molar-refractivity contribution in [2.75, 3.05) is 0 Å². The number of halogens is 1. The highest BCUT2D eigenvalue weighted by Gasteiger charge is 2.25. The molecule has 0 aliphatic heterocycles. The summed E-state index contributed by atoms with van der Waals surface area (Å²) in [4.78, 5) is 22.6. The zero-order chi connectivity index (χ0) is 14.8. The normalized spacial score (nSPS) is 11.4. The number of nitrogens with zero attached hydrogens (tertiary/aromatic N) is 2. The van der Waals surface area contributed by atoms with Crippen LogP contribution in [0.2, 0.25) is 5.02 Å². The van der Waals surface area contributed by atoms with Gasteiger partial charge >= 0.3 is 5.97 Å². The SMILES string of the molecule is Cc1c(Cl)c(C(=O)NC(C)(C)CCC(=O)O)nn1C. The molecule has 6 nitrogen and oxygen atoms in total. The lowest BCUT2D eigenvalue weighted by molar-refractivity contribution is -0.137. The Labute approximate surface area is 116 Å². The summed E-state index contributed by atoms with van der Waals surface area (Å²) in [6, 6.07) is 0. The van der Waals surface area contributed by atoms with Crippen LogP contribution in [0.25, 0.3) is 0 Å². The van der Waals surface area contributed by atoms with Gasteiger partial charge in [-0.25, -0.2) is 0 Å². The van der Waals surface area contributed by atoms with Crippen molar-refractivity contribution >= 4 is 23.5 Å². The number of carbonyl (C=O) groups is 2. The molecular weight excluding hydrogens is 270 g/mol. The lowest BCUT2D eigenvalue weighted by atomic mass is 9.98. The van der Waals surface area contributed by atoms with Crippen LogP contribution in [-0.4, -0.2) is 32.3 Å². The zero-order valence-corrected chi connectivity index (χ0v) is 12.2. The Morgan fingerprint density at radius 1 is 1.47 bits per heavy atom. The molecule has 0 bridgehead atoms. The Morgan fingerprint density at radius 2 is 2.05 bits per heavy atom. The molecule has 2 N–H and O–H groups in total. The average Bonchev–Trinajstić information content (AvgIpc) is 2.54. The minimum atomic E-state index is -0.894. The highest BCUT2D eigenvalue weighted by atomic mass is 35.5. The van der Waals surface area contributed by atoms with Crippen LogP contribution in [0.5, 0.6) is 0 Å². The second kappa shape index (κ2) is 5.61. The van der Waals surface area contributed by atoms with Crippen molar-refractivity contribution in [1.82, 2.24) is 15.1 Å². The standard InChI is InChI=1S/C12H18ClN3O3/c1-7-9(13)10(15-16(7)4)11(19)14-12(2,3)6-5-8(17)18/h5-6H2,1-4H3,(H,14,19)(H,17,18). The lowest BCUT2D eigenvalue weighted by Crippen LogP contribution is -2.44. The fourth-order valence-electron chi connectivity index (χ4n) is 1.58. The van der Waals surface area contributed by atoms with Gasteiger partial charge in [0.2, 0.25) is 0 Å². The van der Waals surface area contributed by atoms with E-state index in [0.29, 0.717) is 17.1 Å². The molecule has 1 aromatic heterocycles. The first-order chi connectivity index (χ1) is 8.64. The van der Waals surface area contributed by atoms with Crippen LogP contribution in [0, 0.1) is 6.92 Å². The molecule has 1 amide bonds. The van der Waals surface area contributed by atoms with E-state index >= 15 is 0 Å². The monoisotopic (exact) mass is 287 g/mol. The van der Waals surface area contributed by atoms with E-state index in [1.807, 2.05) is 0 Å². The summed E-state index contributed by atoms with van der Waals surface area (Å²) in [7, 11) is 1.70. The van der Waals surface area contributed by atoms with E-state index in [0.717, 1.165) is 0 Å². The largest absolute Gasteiger partial charge is 0.481 e. The van der Waals surface area contributed by atoms with Gasteiger partial charge in [-0.2, -0.15) is 5.10 Å². The van der Waals surface area contributed by atoms with E-state index in [-0.39, 0.29) is 12.1 Å². The van der Waals surface area contributed by atoms with Gasteiger partial charge in [-0.3, -0.25) is 14.3 Å². The van der Waals surface area contributed by atoms with E-state index in [2.05, 4.69) is 10.4 Å². The third kappa shape index (κ3) is 3.96. The maximum absolute atomic E-state index is 12.1. The third-order valence-electron chi connectivity index (χ3n) is 2.89. The molecule has 0 unspecified atom stereocenters. The van der Waals surface area contributed by atoms with E-state index in [9.17, 15) is 9.59 Å². The molecule has 0 radical (unpaired) electrons. The summed E-state index contributed by atoms with van der Waals surface area (Å²) in [6.45, 7) is 5.29. The van der Waals surface area contributed by atoms with Crippen molar-refractivity contribution in [2.45, 2.75) is 39.2 Å². The van der Waals surface area contributed by atoms with Crippen molar-refractivity contribution in [1.29, 1.82) is 0 Å². The van der Waals surface area contributed by atoms with Crippen LogP contribution >= 0.6 is 11.6 Å². The predicted octanol–water partition coefficient (Wildman–Crippen LogP) is 1.76. The molecule has 0 saturated heterocycles. The molecule has 19 heavy (non-hydrogen) atoms. The number of hydrogen-bond donors (Lipinski definition) is 2. The first-order valence-corrected chi connectivity index (χ1v) is 6.25. The van der Waals surface area contributed by atoms with Crippen LogP contribution < -0.4 is 5.32 Å². The molecule has 0 aliphatic carbocycles. The molecule has 0 aromatic carbocycles. The van der Waals surface area contributed by atoms with Gasteiger partial charge in [0, 0.05) is 19.0 Å². The van der Waals surface area contributed by atoms with Crippen molar-refractivity contribution in [2.24, 2.45) is 7.05 Å². The molecule has 0 fully saturated rings. The summed E-state index contributed by atoms with van der Waals surface area (Å²) < 4.78 is 1.53. The van der Waals surface area contributed by atoms with Gasteiger partial charge in [0.15, 0.2) is 5.69 Å². The Balaban J connectivity index is 2.78. The number of carboxylic acid groups (broad SMARTS) is 1. The molecule has 0 atom stereocenters. The number of aliphatic carboxylic acids is 1. The van der Waals surface area contributed by atoms with Crippen molar-refractivity contribution in [3.05, 3.63) is 16.4 Å². The maximum Gasteiger partial charge on any atom is 0.303 e. The van der Waals surface area contributed by atoms with E-state index in [1.54, 1.807) is 27.8 Å². The first-order valence-electron chi connectivity index (χ1n) is 5.87. The third-order valence-corrected chi connectivity index (χ3v) is 3.34. The van der Waals surface area contributed by atoms with Gasteiger partial charge in [-0.05, 0) is 27.2 Å². The van der Waals surface area contributed by atoms with Crippen LogP contribution in [0.15, 0.2) is 0 Å². The van der Waals surface area contributed by atoms with Gasteiger partial charge in [0.05, 0.1) is 10.7 Å². The number of hydrogen-bond acceptors (Lipinski definition) is 3. The molecule has 1 rings (SSSR count). The fourth-order valence-corrected chi connectivity index (χ4v) is 1.82. The van der Waals surface area contributed by atoms with Gasteiger partial charge < -0.3 is 10.4 Å². The number of amides is 1. The van der Waals surface area contributed by atoms with Crippen LogP contribution in [-0.2, 0) is 11.8 Å². The quantitative estimate of drug-likeness (QED) is 0.864. The number of aromatic nitrogens is 2. The second-order valence-corrected chi connectivity index (χ2v) is 5.48. The molecule has 0 saturated carbocycles. The number of aryl methyl sites for hydroxylation is 1. The minimum Gasteiger partial charge on any atom is -0.481 e. The summed E-state index contributed by atoms with van der Waals surface area (Å²) >= 11 is 6.03. The number of carbonyl (C=O) groups excluding carboxylic acids is 1. The van der Waals surface area contributed by atoms with Gasteiger partial charge in [-0.15, -0.1) is 0 Å². The number of nitrogens with one attached hydrogen (secondary N) is 1. The lowest BCUT2D eigenvalue weighted by Gasteiger charge is -2.25. The van der Waals surface area contributed by atoms with Gasteiger partial charge in [0.25, 0.3) is 5.91 Å². The summed E-state index contributed by atoms with van der Waals surface area (Å²) in [5, 5.41) is 15.8. The predicted molar refractivity (Wildman–Crippen MR) is 71.4 cm³/mol. The Bertz CT molecular complexity index is 509. The van der Waals surface area contributed by atoms with Crippen molar-refractivity contribution in [3.8, 4) is 0 Å². The smallest absolute Gasteiger partial charge is 0.303 e. The summed E-state index contributed by atoms with van der Waals surface area (Å²) in [5.74, 6) is -1.29. The van der Waals surface area contributed by atoms with Crippen molar-refractivity contribution < 1.29 is 14.7 Å². The molecule has 1 heterocycles. The maximum atomic E-state index is 12.1. The van der Waals surface area contributed by atoms with E-state index < -0.39 is 17.4 Å². The number of carboxylic acids is 1. The van der Waals surface area contributed by atoms with E-state index in [1.165, 1.54) is 4.68 Å². The second-order valence-electron chi connectivity index (χ2n) is 5.10. The minimum absolute atomic E-state index is 0.0116. The molecule has 0 spiro atoms. The average molecular weight is 288 g/mol. The topological polar surface area (TPSA) is 84.2 Å². The molecule has 106 valence electrons. The number of rotatable bonds is 5. The van der Waals surface area contributed by atoms with Crippen LogP contribution in [0.4, 0.5) is 0 Å². The van der Waals surface area contributed by atoms with Crippen LogP contribution in [0.3, 0.4) is 0 Å². The van der Waals surface area contributed by atoms with Gasteiger partial charge in [-0.1, -0.05) is 11.6 Å². The Morgan fingerprint density at radius 3 is 2.47 bits per heavy atom. The van der Waals surface area contributed by atoms with Crippen LogP contribution in [0.1, 0.15) is 42.9 Å². The Hall–Kier alpha value is -1.56. The zero-order valence-electron chi connectivity index (χ0n) is 11.5. The highest BCUT2D eigenvalue weighted by Crippen LogP contribution is 2.20. The summed E-state index contributed by atoms with van der Waals surface area (Å²) in [5.41, 5.74) is 0.227. The molecule has 1 aromatic rings. The fraction of sp³-hybridized carbons (Fsp3) is 0.583. The molecule has 7 heteroatoms.